The van der Waals surface area contributed by atoms with Gasteiger partial charge in [0.05, 0.1) is 6.04 Å². The van der Waals surface area contributed by atoms with E-state index in [0.29, 0.717) is 6.04 Å². The molecule has 0 aromatic heterocycles. The largest absolute Gasteiger partial charge is 0.355 e. The van der Waals surface area contributed by atoms with Crippen LogP contribution in [0.25, 0.3) is 0 Å². The monoisotopic (exact) mass is 269 g/mol. The Kier molecular flexibility index (Phi) is 8.07. The van der Waals surface area contributed by atoms with Gasteiger partial charge in [0.2, 0.25) is 5.91 Å². The van der Waals surface area contributed by atoms with E-state index in [4.69, 9.17) is 0 Å². The number of nitrogens with zero attached hydrogens (tertiary/aromatic N) is 1. The lowest BCUT2D eigenvalue weighted by molar-refractivity contribution is -0.126. The number of nitrogens with one attached hydrogen (secondary N) is 2. The molecule has 19 heavy (non-hydrogen) atoms. The third kappa shape index (κ3) is 5.49. The Hall–Kier alpha value is -0.610. The molecule has 2 unspecified atom stereocenters. The molecule has 1 aliphatic rings. The lowest BCUT2D eigenvalue weighted by Gasteiger charge is -2.33. The zero-order valence-corrected chi connectivity index (χ0v) is 12.9. The second-order valence-corrected chi connectivity index (χ2v) is 5.56. The van der Waals surface area contributed by atoms with Crippen LogP contribution in [0.5, 0.6) is 0 Å². The first-order valence-electron chi connectivity index (χ1n) is 7.94. The molecular formula is C15H31N3O. The third-order valence-electron chi connectivity index (χ3n) is 3.94. The van der Waals surface area contributed by atoms with Crippen LogP contribution in [0.1, 0.15) is 52.9 Å². The molecule has 0 aliphatic carbocycles. The van der Waals surface area contributed by atoms with Crippen LogP contribution in [-0.2, 0) is 4.79 Å². The average Bonchev–Trinajstić information content (AvgIpc) is 2.93. The van der Waals surface area contributed by atoms with Crippen molar-refractivity contribution in [1.82, 2.24) is 15.5 Å². The highest BCUT2D eigenvalue weighted by Gasteiger charge is 2.29. The minimum Gasteiger partial charge on any atom is -0.355 e. The van der Waals surface area contributed by atoms with Crippen LogP contribution in [0.4, 0.5) is 0 Å². The maximum absolute atomic E-state index is 12.2. The summed E-state index contributed by atoms with van der Waals surface area (Å²) in [5.41, 5.74) is 0. The van der Waals surface area contributed by atoms with Crippen molar-refractivity contribution in [2.45, 2.75) is 65.0 Å². The van der Waals surface area contributed by atoms with Crippen LogP contribution in [0, 0.1) is 0 Å². The Morgan fingerprint density at radius 1 is 1.37 bits per heavy atom. The van der Waals surface area contributed by atoms with Crippen LogP contribution in [0.15, 0.2) is 0 Å². The summed E-state index contributed by atoms with van der Waals surface area (Å²) in [5.74, 6) is 0.191. The van der Waals surface area contributed by atoms with E-state index in [-0.39, 0.29) is 11.9 Å². The molecule has 4 heteroatoms. The van der Waals surface area contributed by atoms with Crippen molar-refractivity contribution in [2.75, 3.05) is 26.2 Å². The number of rotatable bonds is 9. The summed E-state index contributed by atoms with van der Waals surface area (Å²) in [4.78, 5) is 14.6. The highest BCUT2D eigenvalue weighted by molar-refractivity contribution is 5.81. The first kappa shape index (κ1) is 16.4. The van der Waals surface area contributed by atoms with Gasteiger partial charge in [0.15, 0.2) is 0 Å². The van der Waals surface area contributed by atoms with Gasteiger partial charge < -0.3 is 10.6 Å². The van der Waals surface area contributed by atoms with Crippen molar-refractivity contribution in [3.05, 3.63) is 0 Å². The van der Waals surface area contributed by atoms with Gasteiger partial charge in [-0.1, -0.05) is 26.7 Å². The maximum atomic E-state index is 12.2. The summed E-state index contributed by atoms with van der Waals surface area (Å²) in [6.45, 7) is 10.3. The molecule has 4 nitrogen and oxygen atoms in total. The molecule has 0 radical (unpaired) electrons. The summed E-state index contributed by atoms with van der Waals surface area (Å²) in [6.07, 6.45) is 5.74. The predicted octanol–water partition coefficient (Wildman–Crippen LogP) is 1.76. The fraction of sp³-hybridized carbons (Fsp3) is 0.933. The van der Waals surface area contributed by atoms with Crippen molar-refractivity contribution in [3.8, 4) is 0 Å². The topological polar surface area (TPSA) is 44.4 Å². The minimum absolute atomic E-state index is 0.00789. The summed E-state index contributed by atoms with van der Waals surface area (Å²) in [6, 6.07) is 0.516. The van der Waals surface area contributed by atoms with E-state index in [1.165, 1.54) is 12.8 Å². The molecular weight excluding hydrogens is 238 g/mol. The Balaban J connectivity index is 2.40. The van der Waals surface area contributed by atoms with Gasteiger partial charge in [-0.05, 0) is 39.3 Å². The highest BCUT2D eigenvalue weighted by atomic mass is 16.2. The standard InChI is InChI=1S/C15H31N3O/c1-4-6-7-9-17-15(19)13(3)18(11-5-2)14-8-10-16-12-14/h13-14,16H,4-12H2,1-3H3,(H,17,19). The van der Waals surface area contributed by atoms with Crippen LogP contribution < -0.4 is 10.6 Å². The quantitative estimate of drug-likeness (QED) is 0.627. The second-order valence-electron chi connectivity index (χ2n) is 5.56. The van der Waals surface area contributed by atoms with Gasteiger partial charge in [-0.2, -0.15) is 0 Å². The molecule has 0 aromatic carbocycles. The lowest BCUT2D eigenvalue weighted by Crippen LogP contribution is -2.50. The third-order valence-corrected chi connectivity index (χ3v) is 3.94. The molecule has 1 heterocycles. The van der Waals surface area contributed by atoms with Gasteiger partial charge in [0.25, 0.3) is 0 Å². The lowest BCUT2D eigenvalue weighted by atomic mass is 10.1. The van der Waals surface area contributed by atoms with E-state index in [0.717, 1.165) is 45.4 Å². The smallest absolute Gasteiger partial charge is 0.237 e. The number of hydrogen-bond donors (Lipinski definition) is 2. The SMILES string of the molecule is CCCCCNC(=O)C(C)N(CCC)C1CCNC1. The van der Waals surface area contributed by atoms with Crippen LogP contribution in [-0.4, -0.2) is 49.1 Å². The van der Waals surface area contributed by atoms with Gasteiger partial charge >= 0.3 is 0 Å². The Morgan fingerprint density at radius 2 is 2.16 bits per heavy atom. The van der Waals surface area contributed by atoms with Crippen molar-refractivity contribution in [3.63, 3.8) is 0 Å². The molecule has 0 bridgehead atoms. The van der Waals surface area contributed by atoms with E-state index in [9.17, 15) is 4.79 Å². The van der Waals surface area contributed by atoms with Crippen molar-refractivity contribution in [2.24, 2.45) is 0 Å². The molecule has 0 spiro atoms. The van der Waals surface area contributed by atoms with Crippen molar-refractivity contribution < 1.29 is 4.79 Å². The van der Waals surface area contributed by atoms with Crippen LogP contribution in [0.2, 0.25) is 0 Å². The van der Waals surface area contributed by atoms with Crippen LogP contribution in [0.3, 0.4) is 0 Å². The van der Waals surface area contributed by atoms with Gasteiger partial charge in [-0.15, -0.1) is 0 Å². The van der Waals surface area contributed by atoms with E-state index >= 15 is 0 Å². The molecule has 0 saturated carbocycles. The molecule has 1 aliphatic heterocycles. The molecule has 0 aromatic rings. The van der Waals surface area contributed by atoms with Crippen molar-refractivity contribution >= 4 is 5.91 Å². The molecule has 2 N–H and O–H groups in total. The highest BCUT2D eigenvalue weighted by Crippen LogP contribution is 2.13. The van der Waals surface area contributed by atoms with E-state index in [1.807, 2.05) is 6.92 Å². The second kappa shape index (κ2) is 9.32. The zero-order valence-electron chi connectivity index (χ0n) is 12.9. The Bertz CT molecular complexity index is 252. The molecule has 1 rings (SSSR count). The molecule has 112 valence electrons. The van der Waals surface area contributed by atoms with Gasteiger partial charge in [0.1, 0.15) is 0 Å². The first-order valence-corrected chi connectivity index (χ1v) is 7.94. The first-order chi connectivity index (χ1) is 9.20. The number of amides is 1. The fourth-order valence-corrected chi connectivity index (χ4v) is 2.76. The van der Waals surface area contributed by atoms with E-state index < -0.39 is 0 Å². The number of carbonyl (C=O) groups excluding carboxylic acids is 1. The Morgan fingerprint density at radius 3 is 2.74 bits per heavy atom. The number of unbranched alkanes of at least 4 members (excludes halogenated alkanes) is 2. The van der Waals surface area contributed by atoms with Gasteiger partial charge in [-0.3, -0.25) is 9.69 Å². The molecule has 1 fully saturated rings. The number of hydrogen-bond acceptors (Lipinski definition) is 3. The van der Waals surface area contributed by atoms with E-state index in [2.05, 4.69) is 29.4 Å². The summed E-state index contributed by atoms with van der Waals surface area (Å²) >= 11 is 0. The number of carbonyl (C=O) groups is 1. The zero-order chi connectivity index (χ0) is 14.1. The summed E-state index contributed by atoms with van der Waals surface area (Å²) < 4.78 is 0. The molecule has 2 atom stereocenters. The van der Waals surface area contributed by atoms with Gasteiger partial charge in [-0.25, -0.2) is 0 Å². The summed E-state index contributed by atoms with van der Waals surface area (Å²) in [5, 5.41) is 6.47. The molecule has 1 saturated heterocycles. The minimum atomic E-state index is -0.00789. The Labute approximate surface area is 118 Å². The summed E-state index contributed by atoms with van der Waals surface area (Å²) in [7, 11) is 0. The maximum Gasteiger partial charge on any atom is 0.237 e. The average molecular weight is 269 g/mol. The van der Waals surface area contributed by atoms with Crippen molar-refractivity contribution in [1.29, 1.82) is 0 Å². The predicted molar refractivity (Wildman–Crippen MR) is 80.3 cm³/mol. The van der Waals surface area contributed by atoms with Crippen LogP contribution >= 0.6 is 0 Å². The molecule has 1 amide bonds. The van der Waals surface area contributed by atoms with E-state index in [1.54, 1.807) is 0 Å². The normalized spacial score (nSPS) is 20.7. The fourth-order valence-electron chi connectivity index (χ4n) is 2.76. The van der Waals surface area contributed by atoms with Gasteiger partial charge in [0, 0.05) is 19.1 Å².